The van der Waals surface area contributed by atoms with Crippen molar-refractivity contribution in [3.05, 3.63) is 23.8 Å². The molecular formula is C12H18N2O2. The van der Waals surface area contributed by atoms with Crippen molar-refractivity contribution in [3.63, 3.8) is 0 Å². The Hall–Kier alpha value is -1.71. The summed E-state index contributed by atoms with van der Waals surface area (Å²) < 4.78 is 5.22. The predicted molar refractivity (Wildman–Crippen MR) is 64.9 cm³/mol. The highest BCUT2D eigenvalue weighted by Crippen LogP contribution is 2.25. The van der Waals surface area contributed by atoms with Crippen molar-refractivity contribution in [1.29, 1.82) is 0 Å². The van der Waals surface area contributed by atoms with Crippen LogP contribution >= 0.6 is 0 Å². The fraction of sp³-hybridized carbons (Fsp3) is 0.417. The third-order valence-electron chi connectivity index (χ3n) is 2.37. The number of ether oxygens (including phenoxy) is 1. The number of likely N-dealkylation sites (N-methyl/N-ethyl adjacent to an activating group) is 1. The largest absolute Gasteiger partial charge is 0.495 e. The third kappa shape index (κ3) is 2.89. The Morgan fingerprint density at radius 3 is 2.69 bits per heavy atom. The van der Waals surface area contributed by atoms with E-state index in [1.165, 1.54) is 0 Å². The molecule has 2 N–H and O–H groups in total. The van der Waals surface area contributed by atoms with Crippen LogP contribution in [0, 0.1) is 6.92 Å². The summed E-state index contributed by atoms with van der Waals surface area (Å²) in [4.78, 5) is 11.4. The number of benzene rings is 1. The minimum absolute atomic E-state index is 0.0523. The summed E-state index contributed by atoms with van der Waals surface area (Å²) in [5.41, 5.74) is 1.95. The molecule has 1 aromatic carbocycles. The van der Waals surface area contributed by atoms with Gasteiger partial charge in [0.15, 0.2) is 0 Å². The minimum Gasteiger partial charge on any atom is -0.495 e. The van der Waals surface area contributed by atoms with Crippen LogP contribution in [0.1, 0.15) is 12.5 Å². The SMILES string of the molecule is CNC(=O)C(C)Nc1cc(C)ccc1OC. The van der Waals surface area contributed by atoms with E-state index in [9.17, 15) is 4.79 Å². The van der Waals surface area contributed by atoms with Crippen LogP contribution in [-0.2, 0) is 4.79 Å². The van der Waals surface area contributed by atoms with E-state index in [2.05, 4.69) is 10.6 Å². The lowest BCUT2D eigenvalue weighted by Crippen LogP contribution is -2.35. The predicted octanol–water partition coefficient (Wildman–Crippen LogP) is 1.55. The average Bonchev–Trinajstić information content (AvgIpc) is 2.28. The van der Waals surface area contributed by atoms with Crippen LogP contribution in [-0.4, -0.2) is 26.1 Å². The molecule has 1 unspecified atom stereocenters. The Labute approximate surface area is 96.0 Å². The molecule has 16 heavy (non-hydrogen) atoms. The lowest BCUT2D eigenvalue weighted by atomic mass is 10.2. The second kappa shape index (κ2) is 5.39. The number of rotatable bonds is 4. The molecule has 88 valence electrons. The molecule has 1 rings (SSSR count). The summed E-state index contributed by atoms with van der Waals surface area (Å²) in [6, 6.07) is 5.52. The van der Waals surface area contributed by atoms with Crippen LogP contribution in [0.25, 0.3) is 0 Å². The van der Waals surface area contributed by atoms with E-state index in [0.717, 1.165) is 17.0 Å². The van der Waals surface area contributed by atoms with E-state index in [-0.39, 0.29) is 11.9 Å². The topological polar surface area (TPSA) is 50.4 Å². The molecule has 0 aromatic heterocycles. The molecule has 4 nitrogen and oxygen atoms in total. The summed E-state index contributed by atoms with van der Waals surface area (Å²) in [7, 11) is 3.23. The minimum atomic E-state index is -0.291. The molecule has 0 aliphatic rings. The van der Waals surface area contributed by atoms with Crippen molar-refractivity contribution >= 4 is 11.6 Å². The van der Waals surface area contributed by atoms with Gasteiger partial charge in [-0.05, 0) is 31.5 Å². The van der Waals surface area contributed by atoms with Gasteiger partial charge in [-0.15, -0.1) is 0 Å². The fourth-order valence-corrected chi connectivity index (χ4v) is 1.45. The van der Waals surface area contributed by atoms with Gasteiger partial charge < -0.3 is 15.4 Å². The van der Waals surface area contributed by atoms with Crippen LogP contribution in [0.2, 0.25) is 0 Å². The highest BCUT2D eigenvalue weighted by Gasteiger charge is 2.12. The van der Waals surface area contributed by atoms with E-state index in [0.29, 0.717) is 0 Å². The first-order valence-electron chi connectivity index (χ1n) is 5.21. The zero-order valence-corrected chi connectivity index (χ0v) is 10.1. The number of methoxy groups -OCH3 is 1. The third-order valence-corrected chi connectivity index (χ3v) is 2.37. The number of carbonyl (C=O) groups is 1. The van der Waals surface area contributed by atoms with Gasteiger partial charge in [0.05, 0.1) is 12.8 Å². The van der Waals surface area contributed by atoms with Crippen LogP contribution in [0.15, 0.2) is 18.2 Å². The molecule has 0 bridgehead atoms. The lowest BCUT2D eigenvalue weighted by Gasteiger charge is -2.16. The van der Waals surface area contributed by atoms with Gasteiger partial charge in [-0.3, -0.25) is 4.79 Å². The molecule has 0 spiro atoms. The number of nitrogens with one attached hydrogen (secondary N) is 2. The van der Waals surface area contributed by atoms with Gasteiger partial charge in [-0.1, -0.05) is 6.07 Å². The Bertz CT molecular complexity index is 377. The van der Waals surface area contributed by atoms with Crippen LogP contribution in [0.3, 0.4) is 0 Å². The second-order valence-corrected chi connectivity index (χ2v) is 3.68. The van der Waals surface area contributed by atoms with Crippen LogP contribution in [0.5, 0.6) is 5.75 Å². The van der Waals surface area contributed by atoms with Gasteiger partial charge in [0.25, 0.3) is 0 Å². The smallest absolute Gasteiger partial charge is 0.241 e. The number of aryl methyl sites for hydroxylation is 1. The molecule has 0 saturated heterocycles. The molecule has 0 aliphatic heterocycles. The summed E-state index contributed by atoms with van der Waals surface area (Å²) in [6.07, 6.45) is 0. The Morgan fingerprint density at radius 1 is 1.44 bits per heavy atom. The van der Waals surface area contributed by atoms with Crippen molar-refractivity contribution in [2.24, 2.45) is 0 Å². The molecule has 0 aliphatic carbocycles. The average molecular weight is 222 g/mol. The summed E-state index contributed by atoms with van der Waals surface area (Å²) in [5.74, 6) is 0.685. The van der Waals surface area contributed by atoms with Gasteiger partial charge in [-0.2, -0.15) is 0 Å². The number of anilines is 1. The van der Waals surface area contributed by atoms with Gasteiger partial charge in [0, 0.05) is 7.05 Å². The van der Waals surface area contributed by atoms with Crippen LogP contribution < -0.4 is 15.4 Å². The molecule has 1 amide bonds. The Morgan fingerprint density at radius 2 is 2.12 bits per heavy atom. The highest BCUT2D eigenvalue weighted by molar-refractivity contribution is 5.84. The molecule has 1 atom stereocenters. The van der Waals surface area contributed by atoms with Crippen molar-refractivity contribution in [3.8, 4) is 5.75 Å². The van der Waals surface area contributed by atoms with Gasteiger partial charge in [0.2, 0.25) is 5.91 Å². The number of hydrogen-bond donors (Lipinski definition) is 2. The fourth-order valence-electron chi connectivity index (χ4n) is 1.45. The molecule has 0 fully saturated rings. The monoisotopic (exact) mass is 222 g/mol. The van der Waals surface area contributed by atoms with E-state index in [4.69, 9.17) is 4.74 Å². The normalized spacial score (nSPS) is 11.8. The van der Waals surface area contributed by atoms with Crippen molar-refractivity contribution in [1.82, 2.24) is 5.32 Å². The zero-order chi connectivity index (χ0) is 12.1. The summed E-state index contributed by atoms with van der Waals surface area (Å²) in [6.45, 7) is 3.80. The number of hydrogen-bond acceptors (Lipinski definition) is 3. The quantitative estimate of drug-likeness (QED) is 0.812. The van der Waals surface area contributed by atoms with Gasteiger partial charge in [0.1, 0.15) is 11.8 Å². The van der Waals surface area contributed by atoms with Gasteiger partial charge >= 0.3 is 0 Å². The van der Waals surface area contributed by atoms with Crippen LogP contribution in [0.4, 0.5) is 5.69 Å². The highest BCUT2D eigenvalue weighted by atomic mass is 16.5. The maximum Gasteiger partial charge on any atom is 0.241 e. The van der Waals surface area contributed by atoms with E-state index in [1.807, 2.05) is 25.1 Å². The maximum absolute atomic E-state index is 11.4. The Kier molecular flexibility index (Phi) is 4.17. The maximum atomic E-state index is 11.4. The second-order valence-electron chi connectivity index (χ2n) is 3.68. The molecule has 0 heterocycles. The molecule has 1 aromatic rings. The van der Waals surface area contributed by atoms with E-state index in [1.54, 1.807) is 21.1 Å². The van der Waals surface area contributed by atoms with Gasteiger partial charge in [-0.25, -0.2) is 0 Å². The summed E-state index contributed by atoms with van der Waals surface area (Å²) in [5, 5.41) is 5.71. The van der Waals surface area contributed by atoms with Crippen molar-refractivity contribution < 1.29 is 9.53 Å². The molecule has 0 saturated carbocycles. The number of amides is 1. The first-order chi connectivity index (χ1) is 7.58. The molecule has 0 radical (unpaired) electrons. The van der Waals surface area contributed by atoms with E-state index >= 15 is 0 Å². The first kappa shape index (κ1) is 12.4. The number of carbonyl (C=O) groups excluding carboxylic acids is 1. The van der Waals surface area contributed by atoms with Crippen molar-refractivity contribution in [2.45, 2.75) is 19.9 Å². The molecule has 4 heteroatoms. The first-order valence-corrected chi connectivity index (χ1v) is 5.21. The van der Waals surface area contributed by atoms with Crippen molar-refractivity contribution in [2.75, 3.05) is 19.5 Å². The zero-order valence-electron chi connectivity index (χ0n) is 10.1. The standard InChI is InChI=1S/C12H18N2O2/c1-8-5-6-11(16-4)10(7-8)14-9(2)12(15)13-3/h5-7,9,14H,1-4H3,(H,13,15). The lowest BCUT2D eigenvalue weighted by molar-refractivity contribution is -0.121. The molecular weight excluding hydrogens is 204 g/mol. The Balaban J connectivity index is 2.86. The van der Waals surface area contributed by atoms with E-state index < -0.39 is 0 Å². The summed E-state index contributed by atoms with van der Waals surface area (Å²) >= 11 is 0.